The van der Waals surface area contributed by atoms with Crippen LogP contribution in [-0.4, -0.2) is 23.7 Å². The SMILES string of the molecule is CCC(CCO)NC(=O)C1(C#N)CCCCC1. The lowest BCUT2D eigenvalue weighted by atomic mass is 9.74. The minimum absolute atomic E-state index is 0.0142. The van der Waals surface area contributed by atoms with E-state index in [1.54, 1.807) is 0 Å². The first-order valence-corrected chi connectivity index (χ1v) is 6.51. The van der Waals surface area contributed by atoms with Gasteiger partial charge >= 0.3 is 0 Å². The first kappa shape index (κ1) is 14.0. The minimum atomic E-state index is -0.818. The molecule has 1 rings (SSSR count). The van der Waals surface area contributed by atoms with Crippen molar-refractivity contribution < 1.29 is 9.90 Å². The molecule has 4 heteroatoms. The normalized spacial score (nSPS) is 20.3. The van der Waals surface area contributed by atoms with E-state index >= 15 is 0 Å². The van der Waals surface area contributed by atoms with Crippen LogP contribution in [0, 0.1) is 16.7 Å². The molecule has 0 aliphatic heterocycles. The average Bonchev–Trinajstić information content (AvgIpc) is 2.38. The summed E-state index contributed by atoms with van der Waals surface area (Å²) in [6.45, 7) is 2.04. The van der Waals surface area contributed by atoms with Crippen molar-refractivity contribution in [3.8, 4) is 6.07 Å². The van der Waals surface area contributed by atoms with Gasteiger partial charge in [-0.15, -0.1) is 0 Å². The van der Waals surface area contributed by atoms with E-state index < -0.39 is 5.41 Å². The molecule has 0 spiro atoms. The molecule has 96 valence electrons. The van der Waals surface area contributed by atoms with Crippen LogP contribution in [0.4, 0.5) is 0 Å². The van der Waals surface area contributed by atoms with Gasteiger partial charge in [-0.25, -0.2) is 0 Å². The Hall–Kier alpha value is -1.08. The second-order valence-corrected chi connectivity index (χ2v) is 4.85. The van der Waals surface area contributed by atoms with Crippen molar-refractivity contribution in [3.05, 3.63) is 0 Å². The molecule has 1 amide bonds. The third kappa shape index (κ3) is 3.44. The second kappa shape index (κ2) is 6.61. The van der Waals surface area contributed by atoms with E-state index in [-0.39, 0.29) is 18.6 Å². The Morgan fingerprint density at radius 2 is 2.12 bits per heavy atom. The van der Waals surface area contributed by atoms with Crippen LogP contribution in [0.2, 0.25) is 0 Å². The van der Waals surface area contributed by atoms with Gasteiger partial charge in [0.05, 0.1) is 6.07 Å². The summed E-state index contributed by atoms with van der Waals surface area (Å²) < 4.78 is 0. The molecule has 0 heterocycles. The van der Waals surface area contributed by atoms with Crippen molar-refractivity contribution in [1.82, 2.24) is 5.32 Å². The molecule has 1 saturated carbocycles. The van der Waals surface area contributed by atoms with E-state index in [0.717, 1.165) is 25.7 Å². The summed E-state index contributed by atoms with van der Waals surface area (Å²) in [4.78, 5) is 12.2. The van der Waals surface area contributed by atoms with E-state index in [1.807, 2.05) is 6.92 Å². The fourth-order valence-corrected chi connectivity index (χ4v) is 2.40. The Balaban J connectivity index is 2.63. The molecule has 17 heavy (non-hydrogen) atoms. The molecule has 1 unspecified atom stereocenters. The average molecular weight is 238 g/mol. The number of nitrogens with zero attached hydrogens (tertiary/aromatic N) is 1. The lowest BCUT2D eigenvalue weighted by Crippen LogP contribution is -2.46. The number of amides is 1. The molecule has 0 aromatic rings. The second-order valence-electron chi connectivity index (χ2n) is 4.85. The lowest BCUT2D eigenvalue weighted by molar-refractivity contribution is -0.130. The monoisotopic (exact) mass is 238 g/mol. The van der Waals surface area contributed by atoms with Crippen LogP contribution in [0.3, 0.4) is 0 Å². The zero-order valence-corrected chi connectivity index (χ0v) is 10.5. The maximum absolute atomic E-state index is 12.2. The van der Waals surface area contributed by atoms with Gasteiger partial charge in [0.1, 0.15) is 5.41 Å². The predicted molar refractivity (Wildman–Crippen MR) is 65.1 cm³/mol. The fraction of sp³-hybridized carbons (Fsp3) is 0.846. The van der Waals surface area contributed by atoms with Crippen molar-refractivity contribution in [1.29, 1.82) is 5.26 Å². The van der Waals surface area contributed by atoms with E-state index in [0.29, 0.717) is 19.3 Å². The minimum Gasteiger partial charge on any atom is -0.396 e. The van der Waals surface area contributed by atoms with Crippen LogP contribution in [0.5, 0.6) is 0 Å². The number of nitrogens with one attached hydrogen (secondary N) is 1. The zero-order valence-electron chi connectivity index (χ0n) is 10.5. The van der Waals surface area contributed by atoms with E-state index in [2.05, 4.69) is 11.4 Å². The molecule has 1 aliphatic carbocycles. The molecule has 2 N–H and O–H groups in total. The highest BCUT2D eigenvalue weighted by Gasteiger charge is 2.40. The van der Waals surface area contributed by atoms with Gasteiger partial charge in [-0.3, -0.25) is 4.79 Å². The summed E-state index contributed by atoms with van der Waals surface area (Å²) in [5.41, 5.74) is -0.818. The molecular formula is C13H22N2O2. The molecule has 1 atom stereocenters. The van der Waals surface area contributed by atoms with Gasteiger partial charge in [0.25, 0.3) is 0 Å². The van der Waals surface area contributed by atoms with E-state index in [4.69, 9.17) is 5.11 Å². The predicted octanol–water partition coefficient (Wildman–Crippen LogP) is 1.74. The number of carbonyl (C=O) groups excluding carboxylic acids is 1. The van der Waals surface area contributed by atoms with Crippen LogP contribution in [0.15, 0.2) is 0 Å². The molecule has 0 bridgehead atoms. The zero-order chi connectivity index (χ0) is 12.7. The summed E-state index contributed by atoms with van der Waals surface area (Å²) in [5, 5.41) is 21.1. The summed E-state index contributed by atoms with van der Waals surface area (Å²) in [6.07, 6.45) is 5.72. The molecular weight excluding hydrogens is 216 g/mol. The van der Waals surface area contributed by atoms with Gasteiger partial charge in [-0.1, -0.05) is 26.2 Å². The van der Waals surface area contributed by atoms with E-state index in [9.17, 15) is 10.1 Å². The molecule has 1 aliphatic rings. The van der Waals surface area contributed by atoms with Gasteiger partial charge in [0.15, 0.2) is 0 Å². The van der Waals surface area contributed by atoms with Crippen LogP contribution in [0.1, 0.15) is 51.9 Å². The molecule has 0 aromatic carbocycles. The van der Waals surface area contributed by atoms with Gasteiger partial charge < -0.3 is 10.4 Å². The van der Waals surface area contributed by atoms with Crippen molar-refractivity contribution in [2.45, 2.75) is 57.9 Å². The number of rotatable bonds is 5. The highest BCUT2D eigenvalue weighted by atomic mass is 16.3. The molecule has 0 radical (unpaired) electrons. The number of hydrogen-bond acceptors (Lipinski definition) is 3. The molecule has 1 fully saturated rings. The number of aliphatic hydroxyl groups is 1. The Labute approximate surface area is 103 Å². The first-order valence-electron chi connectivity index (χ1n) is 6.51. The highest BCUT2D eigenvalue weighted by Crippen LogP contribution is 2.36. The summed E-state index contributed by atoms with van der Waals surface area (Å²) in [5.74, 6) is -0.139. The van der Waals surface area contributed by atoms with Gasteiger partial charge in [-0.2, -0.15) is 5.26 Å². The number of hydrogen-bond donors (Lipinski definition) is 2. The van der Waals surface area contributed by atoms with Crippen molar-refractivity contribution >= 4 is 5.91 Å². The van der Waals surface area contributed by atoms with Crippen LogP contribution >= 0.6 is 0 Å². The smallest absolute Gasteiger partial charge is 0.240 e. The van der Waals surface area contributed by atoms with Crippen molar-refractivity contribution in [2.24, 2.45) is 5.41 Å². The molecule has 4 nitrogen and oxygen atoms in total. The highest BCUT2D eigenvalue weighted by molar-refractivity contribution is 5.85. The standard InChI is InChI=1S/C13H22N2O2/c1-2-11(6-9-16)15-12(17)13(10-14)7-4-3-5-8-13/h11,16H,2-9H2,1H3,(H,15,17). The number of aliphatic hydroxyl groups excluding tert-OH is 1. The Morgan fingerprint density at radius 3 is 2.59 bits per heavy atom. The third-order valence-corrected chi connectivity index (χ3v) is 3.66. The lowest BCUT2D eigenvalue weighted by Gasteiger charge is -2.31. The number of carbonyl (C=O) groups is 1. The Kier molecular flexibility index (Phi) is 5.43. The van der Waals surface area contributed by atoms with Crippen LogP contribution < -0.4 is 5.32 Å². The quantitative estimate of drug-likeness (QED) is 0.766. The molecule has 0 saturated heterocycles. The fourth-order valence-electron chi connectivity index (χ4n) is 2.40. The molecule has 0 aromatic heterocycles. The van der Waals surface area contributed by atoms with E-state index in [1.165, 1.54) is 0 Å². The maximum Gasteiger partial charge on any atom is 0.240 e. The topological polar surface area (TPSA) is 73.1 Å². The van der Waals surface area contributed by atoms with Gasteiger partial charge in [-0.05, 0) is 25.7 Å². The van der Waals surface area contributed by atoms with Crippen molar-refractivity contribution in [3.63, 3.8) is 0 Å². The number of nitriles is 1. The van der Waals surface area contributed by atoms with Gasteiger partial charge in [0, 0.05) is 12.6 Å². The van der Waals surface area contributed by atoms with Crippen molar-refractivity contribution in [2.75, 3.05) is 6.61 Å². The Bertz CT molecular complexity index is 290. The third-order valence-electron chi connectivity index (χ3n) is 3.66. The first-order chi connectivity index (χ1) is 8.18. The summed E-state index contributed by atoms with van der Waals surface area (Å²) in [6, 6.07) is 2.20. The van der Waals surface area contributed by atoms with Gasteiger partial charge in [0.2, 0.25) is 5.91 Å². The maximum atomic E-state index is 12.2. The van der Waals surface area contributed by atoms with Crippen LogP contribution in [-0.2, 0) is 4.79 Å². The van der Waals surface area contributed by atoms with Crippen LogP contribution in [0.25, 0.3) is 0 Å². The largest absolute Gasteiger partial charge is 0.396 e. The summed E-state index contributed by atoms with van der Waals surface area (Å²) in [7, 11) is 0. The summed E-state index contributed by atoms with van der Waals surface area (Å²) >= 11 is 0. The Morgan fingerprint density at radius 1 is 1.47 bits per heavy atom.